The lowest BCUT2D eigenvalue weighted by Crippen LogP contribution is -2.18. The van der Waals surface area contributed by atoms with Crippen molar-refractivity contribution in [1.82, 2.24) is 20.5 Å². The first-order chi connectivity index (χ1) is 7.77. The van der Waals surface area contributed by atoms with E-state index in [1.165, 1.54) is 11.1 Å². The van der Waals surface area contributed by atoms with E-state index >= 15 is 0 Å². The molecule has 2 heterocycles. The smallest absolute Gasteiger partial charge is 0.0535 e. The minimum absolute atomic E-state index is 0.317. The Morgan fingerprint density at radius 1 is 1.38 bits per heavy atom. The highest BCUT2D eigenvalue weighted by atomic mass is 15.1. The van der Waals surface area contributed by atoms with Crippen molar-refractivity contribution < 1.29 is 0 Å². The average molecular weight is 216 g/mol. The maximum atomic E-state index is 4.01. The molecule has 2 aromatic heterocycles. The van der Waals surface area contributed by atoms with Gasteiger partial charge in [0.05, 0.1) is 6.20 Å². The maximum Gasteiger partial charge on any atom is 0.0535 e. The number of nitrogens with zero attached hydrogens (tertiary/aromatic N) is 2. The lowest BCUT2D eigenvalue weighted by atomic mass is 10.1. The van der Waals surface area contributed by atoms with E-state index in [1.807, 2.05) is 37.6 Å². The molecule has 84 valence electrons. The molecule has 0 aliphatic carbocycles. The van der Waals surface area contributed by atoms with Gasteiger partial charge in [0.15, 0.2) is 0 Å². The van der Waals surface area contributed by atoms with E-state index in [1.54, 1.807) is 0 Å². The summed E-state index contributed by atoms with van der Waals surface area (Å²) in [7, 11) is 0. The lowest BCUT2D eigenvalue weighted by molar-refractivity contribution is 0.573. The molecule has 0 radical (unpaired) electrons. The van der Waals surface area contributed by atoms with Crippen LogP contribution in [-0.4, -0.2) is 15.2 Å². The summed E-state index contributed by atoms with van der Waals surface area (Å²) in [5.74, 6) is 0. The van der Waals surface area contributed by atoms with E-state index in [0.717, 1.165) is 12.2 Å². The van der Waals surface area contributed by atoms with E-state index < -0.39 is 0 Å². The van der Waals surface area contributed by atoms with Crippen molar-refractivity contribution >= 4 is 0 Å². The van der Waals surface area contributed by atoms with Crippen LogP contribution in [0.3, 0.4) is 0 Å². The highest BCUT2D eigenvalue weighted by Gasteiger charge is 2.05. The van der Waals surface area contributed by atoms with Crippen molar-refractivity contribution in [2.75, 3.05) is 0 Å². The van der Waals surface area contributed by atoms with Gasteiger partial charge in [-0.25, -0.2) is 0 Å². The van der Waals surface area contributed by atoms with Crippen LogP contribution in [0.4, 0.5) is 0 Å². The van der Waals surface area contributed by atoms with Crippen LogP contribution < -0.4 is 5.32 Å². The number of aromatic amines is 1. The van der Waals surface area contributed by atoms with Crippen molar-refractivity contribution in [3.8, 4) is 0 Å². The Labute approximate surface area is 95.1 Å². The van der Waals surface area contributed by atoms with Crippen molar-refractivity contribution in [2.45, 2.75) is 26.4 Å². The second-order valence-corrected chi connectivity index (χ2v) is 3.90. The van der Waals surface area contributed by atoms with Crippen molar-refractivity contribution in [2.24, 2.45) is 0 Å². The van der Waals surface area contributed by atoms with Crippen LogP contribution in [0.25, 0.3) is 0 Å². The van der Waals surface area contributed by atoms with Gasteiger partial charge in [-0.15, -0.1) is 0 Å². The number of hydrogen-bond acceptors (Lipinski definition) is 3. The first-order valence-corrected chi connectivity index (χ1v) is 5.39. The molecule has 0 aromatic carbocycles. The molecule has 0 saturated carbocycles. The van der Waals surface area contributed by atoms with Gasteiger partial charge in [-0.2, -0.15) is 5.10 Å². The zero-order valence-electron chi connectivity index (χ0n) is 9.57. The minimum Gasteiger partial charge on any atom is -0.306 e. The predicted molar refractivity (Wildman–Crippen MR) is 62.8 cm³/mol. The standard InChI is InChI=1S/C12H16N4/c1-9(11-3-5-13-6-4-11)14-7-12-8-15-16-10(12)2/h3-6,8-9,14H,7H2,1-2H3,(H,15,16). The third-order valence-corrected chi connectivity index (χ3v) is 2.74. The van der Waals surface area contributed by atoms with Gasteiger partial charge in [0.25, 0.3) is 0 Å². The van der Waals surface area contributed by atoms with Crippen molar-refractivity contribution in [3.63, 3.8) is 0 Å². The zero-order chi connectivity index (χ0) is 11.4. The Balaban J connectivity index is 1.94. The Bertz CT molecular complexity index is 435. The molecule has 2 aromatic rings. The van der Waals surface area contributed by atoms with Crippen LogP contribution in [0.2, 0.25) is 0 Å². The number of nitrogens with one attached hydrogen (secondary N) is 2. The summed E-state index contributed by atoms with van der Waals surface area (Å²) >= 11 is 0. The van der Waals surface area contributed by atoms with E-state index in [-0.39, 0.29) is 0 Å². The fraction of sp³-hybridized carbons (Fsp3) is 0.333. The molecule has 0 aliphatic heterocycles. The Morgan fingerprint density at radius 2 is 2.12 bits per heavy atom. The van der Waals surface area contributed by atoms with Crippen LogP contribution in [0.1, 0.15) is 29.8 Å². The molecular formula is C12H16N4. The number of rotatable bonds is 4. The molecule has 0 spiro atoms. The molecular weight excluding hydrogens is 200 g/mol. The number of H-pyrrole nitrogens is 1. The molecule has 4 nitrogen and oxygen atoms in total. The van der Waals surface area contributed by atoms with Gasteiger partial charge in [0.2, 0.25) is 0 Å². The number of aromatic nitrogens is 3. The van der Waals surface area contributed by atoms with Gasteiger partial charge in [-0.05, 0) is 31.5 Å². The fourth-order valence-electron chi connectivity index (χ4n) is 1.59. The van der Waals surface area contributed by atoms with Gasteiger partial charge in [-0.3, -0.25) is 10.1 Å². The number of hydrogen-bond donors (Lipinski definition) is 2. The predicted octanol–water partition coefficient (Wildman–Crippen LogP) is 1.96. The Hall–Kier alpha value is -1.68. The molecule has 0 aliphatic rings. The second-order valence-electron chi connectivity index (χ2n) is 3.90. The Kier molecular flexibility index (Phi) is 3.31. The first kappa shape index (κ1) is 10.8. The van der Waals surface area contributed by atoms with E-state index in [0.29, 0.717) is 6.04 Å². The van der Waals surface area contributed by atoms with Gasteiger partial charge in [0, 0.05) is 36.2 Å². The lowest BCUT2D eigenvalue weighted by Gasteiger charge is -2.13. The molecule has 4 heteroatoms. The van der Waals surface area contributed by atoms with Crippen molar-refractivity contribution in [1.29, 1.82) is 0 Å². The third-order valence-electron chi connectivity index (χ3n) is 2.74. The summed E-state index contributed by atoms with van der Waals surface area (Å²) in [6, 6.07) is 4.37. The zero-order valence-corrected chi connectivity index (χ0v) is 9.57. The highest BCUT2D eigenvalue weighted by Crippen LogP contribution is 2.11. The third kappa shape index (κ3) is 2.46. The van der Waals surface area contributed by atoms with Gasteiger partial charge < -0.3 is 5.32 Å². The van der Waals surface area contributed by atoms with Gasteiger partial charge in [0.1, 0.15) is 0 Å². The fourth-order valence-corrected chi connectivity index (χ4v) is 1.59. The first-order valence-electron chi connectivity index (χ1n) is 5.39. The maximum absolute atomic E-state index is 4.01. The van der Waals surface area contributed by atoms with Crippen LogP contribution in [0.15, 0.2) is 30.7 Å². The van der Waals surface area contributed by atoms with Crippen LogP contribution in [0.5, 0.6) is 0 Å². The molecule has 0 saturated heterocycles. The van der Waals surface area contributed by atoms with Gasteiger partial charge in [-0.1, -0.05) is 0 Å². The monoisotopic (exact) mass is 216 g/mol. The van der Waals surface area contributed by atoms with Crippen LogP contribution in [0, 0.1) is 6.92 Å². The van der Waals surface area contributed by atoms with E-state index in [9.17, 15) is 0 Å². The largest absolute Gasteiger partial charge is 0.306 e. The topological polar surface area (TPSA) is 53.6 Å². The molecule has 2 rings (SSSR count). The number of aryl methyl sites for hydroxylation is 1. The molecule has 1 unspecified atom stereocenters. The summed E-state index contributed by atoms with van der Waals surface area (Å²) < 4.78 is 0. The summed E-state index contributed by atoms with van der Waals surface area (Å²) in [5, 5.41) is 10.4. The SMILES string of the molecule is Cc1[nH]ncc1CNC(C)c1ccncc1. The van der Waals surface area contributed by atoms with E-state index in [4.69, 9.17) is 0 Å². The normalized spacial score (nSPS) is 12.6. The quantitative estimate of drug-likeness (QED) is 0.821. The highest BCUT2D eigenvalue weighted by molar-refractivity contribution is 5.17. The summed E-state index contributed by atoms with van der Waals surface area (Å²) in [4.78, 5) is 4.01. The molecule has 0 bridgehead atoms. The van der Waals surface area contributed by atoms with Crippen LogP contribution in [-0.2, 0) is 6.54 Å². The summed E-state index contributed by atoms with van der Waals surface area (Å²) in [6.45, 7) is 5.00. The molecule has 2 N–H and O–H groups in total. The average Bonchev–Trinajstić information content (AvgIpc) is 2.73. The second kappa shape index (κ2) is 4.90. The van der Waals surface area contributed by atoms with Gasteiger partial charge >= 0.3 is 0 Å². The molecule has 0 fully saturated rings. The number of pyridine rings is 1. The Morgan fingerprint density at radius 3 is 2.75 bits per heavy atom. The molecule has 16 heavy (non-hydrogen) atoms. The minimum atomic E-state index is 0.317. The summed E-state index contributed by atoms with van der Waals surface area (Å²) in [5.41, 5.74) is 3.58. The summed E-state index contributed by atoms with van der Waals surface area (Å²) in [6.07, 6.45) is 5.49. The van der Waals surface area contributed by atoms with E-state index in [2.05, 4.69) is 27.4 Å². The molecule has 1 atom stereocenters. The molecule has 0 amide bonds. The van der Waals surface area contributed by atoms with Crippen LogP contribution >= 0.6 is 0 Å². The van der Waals surface area contributed by atoms with Crippen molar-refractivity contribution in [3.05, 3.63) is 47.5 Å².